The Labute approximate surface area is 115 Å². The molecular formula is C13H16N4OS. The van der Waals surface area contributed by atoms with Crippen LogP contribution >= 0.6 is 11.8 Å². The number of ketones is 1. The molecule has 2 aromatic heterocycles. The minimum Gasteiger partial charge on any atom is -0.298 e. The predicted octanol–water partition coefficient (Wildman–Crippen LogP) is 2.34. The van der Waals surface area contributed by atoms with E-state index in [1.54, 1.807) is 4.52 Å². The summed E-state index contributed by atoms with van der Waals surface area (Å²) < 4.78 is 1.74. The fourth-order valence-electron chi connectivity index (χ4n) is 2.40. The number of thioether (sulfide) groups is 1. The second-order valence-electron chi connectivity index (χ2n) is 4.96. The molecule has 5 nitrogen and oxygen atoms in total. The van der Waals surface area contributed by atoms with Crippen molar-refractivity contribution in [2.45, 2.75) is 49.9 Å². The fourth-order valence-corrected chi connectivity index (χ4v) is 3.45. The van der Waals surface area contributed by atoms with Gasteiger partial charge in [-0.2, -0.15) is 4.98 Å². The van der Waals surface area contributed by atoms with E-state index in [1.165, 1.54) is 11.8 Å². The number of hydrogen-bond donors (Lipinski definition) is 0. The number of hydrogen-bond acceptors (Lipinski definition) is 5. The molecule has 0 saturated heterocycles. The van der Waals surface area contributed by atoms with Crippen molar-refractivity contribution in [3.05, 3.63) is 17.5 Å². The first-order valence-corrected chi connectivity index (χ1v) is 7.42. The van der Waals surface area contributed by atoms with Crippen LogP contribution in [0.1, 0.15) is 37.1 Å². The monoisotopic (exact) mass is 276 g/mol. The van der Waals surface area contributed by atoms with E-state index in [2.05, 4.69) is 15.1 Å². The normalized spacial score (nSPS) is 20.1. The Kier molecular flexibility index (Phi) is 3.26. The molecule has 19 heavy (non-hydrogen) atoms. The summed E-state index contributed by atoms with van der Waals surface area (Å²) in [5.41, 5.74) is 1.94. The molecule has 0 aliphatic heterocycles. The van der Waals surface area contributed by atoms with E-state index in [1.807, 2.05) is 19.9 Å². The summed E-state index contributed by atoms with van der Waals surface area (Å²) in [6.45, 7) is 3.93. The fraction of sp³-hybridized carbons (Fsp3) is 0.538. The highest BCUT2D eigenvalue weighted by Crippen LogP contribution is 2.29. The first kappa shape index (κ1) is 12.6. The molecule has 0 aromatic carbocycles. The van der Waals surface area contributed by atoms with Gasteiger partial charge in [0.15, 0.2) is 0 Å². The Balaban J connectivity index is 1.89. The van der Waals surface area contributed by atoms with Gasteiger partial charge in [0, 0.05) is 17.8 Å². The maximum Gasteiger partial charge on any atom is 0.253 e. The Morgan fingerprint density at radius 3 is 2.95 bits per heavy atom. The first-order valence-electron chi connectivity index (χ1n) is 6.54. The topological polar surface area (TPSA) is 60.2 Å². The van der Waals surface area contributed by atoms with Crippen molar-refractivity contribution in [2.75, 3.05) is 0 Å². The van der Waals surface area contributed by atoms with Crippen LogP contribution in [0.4, 0.5) is 0 Å². The zero-order valence-electron chi connectivity index (χ0n) is 11.1. The summed E-state index contributed by atoms with van der Waals surface area (Å²) in [5, 5.41) is 5.11. The van der Waals surface area contributed by atoms with Crippen LogP contribution in [0, 0.1) is 13.8 Å². The molecule has 0 unspecified atom stereocenters. The molecule has 0 amide bonds. The third-order valence-corrected chi connectivity index (χ3v) is 4.51. The second-order valence-corrected chi connectivity index (χ2v) is 6.13. The van der Waals surface area contributed by atoms with Crippen molar-refractivity contribution < 1.29 is 4.79 Å². The van der Waals surface area contributed by atoms with Crippen molar-refractivity contribution in [1.82, 2.24) is 19.6 Å². The van der Waals surface area contributed by atoms with Gasteiger partial charge in [-0.25, -0.2) is 9.50 Å². The van der Waals surface area contributed by atoms with Gasteiger partial charge >= 0.3 is 0 Å². The van der Waals surface area contributed by atoms with Gasteiger partial charge in [-0.1, -0.05) is 18.2 Å². The van der Waals surface area contributed by atoms with Crippen molar-refractivity contribution in [1.29, 1.82) is 0 Å². The molecule has 1 fully saturated rings. The molecule has 0 bridgehead atoms. The van der Waals surface area contributed by atoms with Crippen LogP contribution in [0.25, 0.3) is 5.78 Å². The number of aryl methyl sites for hydroxylation is 2. The molecule has 0 radical (unpaired) electrons. The number of aromatic nitrogens is 4. The SMILES string of the molecule is Cc1cc(C)n2nc(S[C@@H]3CCCCC3=O)nc2n1. The van der Waals surface area contributed by atoms with E-state index < -0.39 is 0 Å². The van der Waals surface area contributed by atoms with Crippen molar-refractivity contribution >= 4 is 23.3 Å². The van der Waals surface area contributed by atoms with Gasteiger partial charge < -0.3 is 0 Å². The van der Waals surface area contributed by atoms with E-state index in [0.29, 0.717) is 23.1 Å². The van der Waals surface area contributed by atoms with Crippen molar-refractivity contribution in [2.24, 2.45) is 0 Å². The second kappa shape index (κ2) is 4.92. The molecule has 0 N–H and O–H groups in total. The third-order valence-electron chi connectivity index (χ3n) is 3.35. The highest BCUT2D eigenvalue weighted by atomic mass is 32.2. The number of rotatable bonds is 2. The van der Waals surface area contributed by atoms with Crippen molar-refractivity contribution in [3.63, 3.8) is 0 Å². The smallest absolute Gasteiger partial charge is 0.253 e. The van der Waals surface area contributed by atoms with Crippen LogP contribution in [-0.4, -0.2) is 30.6 Å². The molecule has 1 aliphatic carbocycles. The van der Waals surface area contributed by atoms with Crippen LogP contribution in [0.15, 0.2) is 11.2 Å². The highest BCUT2D eigenvalue weighted by Gasteiger charge is 2.25. The highest BCUT2D eigenvalue weighted by molar-refractivity contribution is 8.00. The maximum absolute atomic E-state index is 11.8. The maximum atomic E-state index is 11.8. The summed E-state index contributed by atoms with van der Waals surface area (Å²) in [4.78, 5) is 20.6. The Morgan fingerprint density at radius 1 is 1.32 bits per heavy atom. The molecule has 0 spiro atoms. The number of nitrogens with zero attached hydrogens (tertiary/aromatic N) is 4. The molecule has 1 aliphatic rings. The van der Waals surface area contributed by atoms with Gasteiger partial charge in [0.2, 0.25) is 5.16 Å². The largest absolute Gasteiger partial charge is 0.298 e. The van der Waals surface area contributed by atoms with E-state index >= 15 is 0 Å². The average molecular weight is 276 g/mol. The number of Topliss-reactive ketones (excluding diaryl/α,β-unsaturated/α-hetero) is 1. The third kappa shape index (κ3) is 2.49. The lowest BCUT2D eigenvalue weighted by molar-refractivity contribution is -0.119. The predicted molar refractivity (Wildman–Crippen MR) is 73.4 cm³/mol. The molecule has 2 heterocycles. The minimum absolute atomic E-state index is 0.0209. The Morgan fingerprint density at radius 2 is 2.16 bits per heavy atom. The zero-order valence-corrected chi connectivity index (χ0v) is 11.9. The van der Waals surface area contributed by atoms with Crippen LogP contribution in [-0.2, 0) is 4.79 Å². The molecule has 100 valence electrons. The quantitative estimate of drug-likeness (QED) is 0.842. The van der Waals surface area contributed by atoms with Crippen LogP contribution in [0.3, 0.4) is 0 Å². The molecule has 1 atom stereocenters. The number of carbonyl (C=O) groups excluding carboxylic acids is 1. The van der Waals surface area contributed by atoms with E-state index in [0.717, 1.165) is 30.7 Å². The van der Waals surface area contributed by atoms with Crippen LogP contribution in [0.2, 0.25) is 0 Å². The van der Waals surface area contributed by atoms with Gasteiger partial charge in [-0.3, -0.25) is 4.79 Å². The van der Waals surface area contributed by atoms with E-state index in [-0.39, 0.29) is 5.25 Å². The minimum atomic E-state index is 0.0209. The lowest BCUT2D eigenvalue weighted by Gasteiger charge is -2.17. The summed E-state index contributed by atoms with van der Waals surface area (Å²) in [6.07, 6.45) is 3.77. The molecule has 6 heteroatoms. The van der Waals surface area contributed by atoms with E-state index in [4.69, 9.17) is 0 Å². The Bertz CT molecular complexity index is 637. The number of carbonyl (C=O) groups is 1. The lowest BCUT2D eigenvalue weighted by atomic mass is 9.99. The van der Waals surface area contributed by atoms with Crippen LogP contribution < -0.4 is 0 Å². The van der Waals surface area contributed by atoms with Gasteiger partial charge in [0.25, 0.3) is 5.78 Å². The lowest BCUT2D eigenvalue weighted by Crippen LogP contribution is -2.21. The number of fused-ring (bicyclic) bond motifs is 1. The van der Waals surface area contributed by atoms with Gasteiger partial charge in [-0.15, -0.1) is 5.10 Å². The van der Waals surface area contributed by atoms with E-state index in [9.17, 15) is 4.79 Å². The molecule has 3 rings (SSSR count). The summed E-state index contributed by atoms with van der Waals surface area (Å²) in [5.74, 6) is 0.944. The summed E-state index contributed by atoms with van der Waals surface area (Å²) >= 11 is 1.48. The average Bonchev–Trinajstić information content (AvgIpc) is 2.75. The molecular weight excluding hydrogens is 260 g/mol. The molecule has 1 saturated carbocycles. The van der Waals surface area contributed by atoms with Gasteiger partial charge in [0.1, 0.15) is 5.78 Å². The zero-order chi connectivity index (χ0) is 13.4. The van der Waals surface area contributed by atoms with Gasteiger partial charge in [-0.05, 0) is 32.8 Å². The molecule has 2 aromatic rings. The Hall–Kier alpha value is -1.43. The van der Waals surface area contributed by atoms with Gasteiger partial charge in [0.05, 0.1) is 5.25 Å². The summed E-state index contributed by atoms with van der Waals surface area (Å²) in [6, 6.07) is 1.97. The van der Waals surface area contributed by atoms with Crippen molar-refractivity contribution in [3.8, 4) is 0 Å². The van der Waals surface area contributed by atoms with Crippen LogP contribution in [0.5, 0.6) is 0 Å². The standard InChI is InChI=1S/C13H16N4OS/c1-8-7-9(2)17-12(14-8)15-13(16-17)19-11-6-4-3-5-10(11)18/h7,11H,3-6H2,1-2H3/t11-/m1/s1. The first-order chi connectivity index (χ1) is 9.13. The summed E-state index contributed by atoms with van der Waals surface area (Å²) in [7, 11) is 0.